The number of carbonyl (C=O) groups excluding carboxylic acids is 4. The number of carbonyl (C=O) groups is 4. The maximum absolute atomic E-state index is 13.2. The van der Waals surface area contributed by atoms with E-state index in [0.29, 0.717) is 59.8 Å². The number of unbranched alkanes of at least 4 members (excludes halogenated alkanes) is 18. The van der Waals surface area contributed by atoms with Crippen LogP contribution in [0.4, 0.5) is 9.59 Å². The number of esters is 2. The molecular weight excluding hydrogens is 1120 g/mol. The van der Waals surface area contributed by atoms with Gasteiger partial charge < -0.3 is 42.6 Å². The molecule has 2 saturated heterocycles. The van der Waals surface area contributed by atoms with Crippen LogP contribution in [0.2, 0.25) is 0 Å². The summed E-state index contributed by atoms with van der Waals surface area (Å²) < 4.78 is 54.0. The van der Waals surface area contributed by atoms with Crippen LogP contribution in [0.3, 0.4) is 0 Å². The lowest BCUT2D eigenvalue weighted by atomic mass is 9.93. The third-order valence-electron chi connectivity index (χ3n) is 16.7. The summed E-state index contributed by atoms with van der Waals surface area (Å²) in [6.45, 7) is 9.82. The van der Waals surface area contributed by atoms with Gasteiger partial charge in [-0.15, -0.1) is 0 Å². The molecule has 0 radical (unpaired) electrons. The third-order valence-corrected chi connectivity index (χ3v) is 16.7. The Hall–Kier alpha value is -7.64. The first-order chi connectivity index (χ1) is 43.6. The zero-order valence-corrected chi connectivity index (χ0v) is 53.0. The van der Waals surface area contributed by atoms with Crippen LogP contribution in [0.5, 0.6) is 23.0 Å². The molecule has 2 unspecified atom stereocenters. The van der Waals surface area contributed by atoms with Crippen LogP contribution in [-0.4, -0.2) is 61.9 Å². The summed E-state index contributed by atoms with van der Waals surface area (Å²) in [4.78, 5) is 52.3. The van der Waals surface area contributed by atoms with Gasteiger partial charge in [0.25, 0.3) is 0 Å². The first-order valence-corrected chi connectivity index (χ1v) is 33.3. The van der Waals surface area contributed by atoms with Gasteiger partial charge in [0.05, 0.1) is 24.3 Å². The van der Waals surface area contributed by atoms with E-state index in [-0.39, 0.29) is 0 Å². The van der Waals surface area contributed by atoms with Gasteiger partial charge in [0.15, 0.2) is 12.2 Å². The summed E-state index contributed by atoms with van der Waals surface area (Å²) in [5, 5.41) is 0. The van der Waals surface area contributed by atoms with Crippen LogP contribution in [-0.2, 0) is 23.7 Å². The molecule has 2 aliphatic rings. The third kappa shape index (κ3) is 21.3. The highest BCUT2D eigenvalue weighted by molar-refractivity contribution is 5.92. The fourth-order valence-electron chi connectivity index (χ4n) is 11.6. The van der Waals surface area contributed by atoms with Gasteiger partial charge >= 0.3 is 24.2 Å². The fourth-order valence-corrected chi connectivity index (χ4v) is 11.6. The van der Waals surface area contributed by atoms with Crippen LogP contribution in [0.1, 0.15) is 226 Å². The Balaban J connectivity index is 0.883. The molecule has 89 heavy (non-hydrogen) atoms. The van der Waals surface area contributed by atoms with Crippen molar-refractivity contribution in [3.63, 3.8) is 0 Å². The maximum atomic E-state index is 13.2. The number of benzene rings is 6. The quantitative estimate of drug-likeness (QED) is 0.0204. The summed E-state index contributed by atoms with van der Waals surface area (Å²) in [7, 11) is 0. The largest absolute Gasteiger partial charge is 0.509 e. The molecule has 0 bridgehead atoms. The molecule has 8 rings (SSSR count). The molecular formula is C76H94O13. The Morgan fingerprint density at radius 2 is 0.640 bits per heavy atom. The van der Waals surface area contributed by atoms with Gasteiger partial charge in [-0.25, -0.2) is 19.2 Å². The second-order valence-corrected chi connectivity index (χ2v) is 23.7. The Morgan fingerprint density at radius 1 is 0.348 bits per heavy atom. The van der Waals surface area contributed by atoms with Crippen molar-refractivity contribution in [1.82, 2.24) is 0 Å². The Morgan fingerprint density at radius 3 is 0.955 bits per heavy atom. The smallest absolute Gasteiger partial charge is 0.494 e. The minimum atomic E-state index is -0.869. The lowest BCUT2D eigenvalue weighted by Gasteiger charge is -2.33. The summed E-state index contributed by atoms with van der Waals surface area (Å²) in [5.41, 5.74) is 5.79. The van der Waals surface area contributed by atoms with Gasteiger partial charge in [-0.2, -0.15) is 0 Å². The molecule has 6 aromatic rings. The molecule has 13 nitrogen and oxygen atoms in total. The van der Waals surface area contributed by atoms with E-state index in [1.807, 2.05) is 111 Å². The van der Waals surface area contributed by atoms with E-state index in [1.165, 1.54) is 103 Å². The van der Waals surface area contributed by atoms with Crippen molar-refractivity contribution >= 4 is 24.2 Å². The van der Waals surface area contributed by atoms with E-state index < -0.39 is 60.9 Å². The Kier molecular flexibility index (Phi) is 27.8. The number of ether oxygens (including phenoxy) is 9. The van der Waals surface area contributed by atoms with Gasteiger partial charge in [-0.3, -0.25) is 0 Å². The van der Waals surface area contributed by atoms with Gasteiger partial charge in [0.2, 0.25) is 0 Å². The number of hydrogen-bond donors (Lipinski definition) is 0. The molecule has 0 spiro atoms. The predicted molar refractivity (Wildman–Crippen MR) is 348 cm³/mol. The fraction of sp³-hybridized carbons (Fsp3) is 0.474. The Labute approximate surface area is 528 Å². The molecule has 13 heteroatoms. The maximum Gasteiger partial charge on any atom is 0.509 e. The topological polar surface area (TPSA) is 151 Å². The van der Waals surface area contributed by atoms with Crippen molar-refractivity contribution in [3.8, 4) is 45.3 Å². The van der Waals surface area contributed by atoms with Crippen LogP contribution < -0.4 is 18.9 Å². The predicted octanol–water partition coefficient (Wildman–Crippen LogP) is 20.3. The van der Waals surface area contributed by atoms with Crippen molar-refractivity contribution in [2.75, 3.05) is 13.2 Å². The van der Waals surface area contributed by atoms with E-state index >= 15 is 0 Å². The average Bonchev–Trinajstić information content (AvgIpc) is 3.92. The zero-order chi connectivity index (χ0) is 62.4. The van der Waals surface area contributed by atoms with Crippen molar-refractivity contribution in [2.45, 2.75) is 218 Å². The molecule has 0 saturated carbocycles. The average molecular weight is 1220 g/mol. The molecule has 2 heterocycles. The number of rotatable bonds is 40. The second-order valence-electron chi connectivity index (χ2n) is 23.7. The standard InChI is InChI=1S/C76H94O13/c1-5-9-11-13-15-17-19-21-23-25-53-81-63-45-41-61(42-46-63)73(77)83-65-49-37-57(38-50-65)55-29-33-59(34-30-55)69(71-67(27-7-3)85-75(79)88-71)87-70(72-68(28-8-4)86-76(80)89-72)60-35-31-56(32-36-60)58-39-51-66(52-40-58)84-74(78)62-43-47-64(48-44-62)82-54-26-24-22-20-18-16-14-12-10-6-2/h29-52,67-72H,5-28,53-54H2,1-4H3/t67-,68-,69?,70?,71-,72-/m1/s1. The molecule has 0 aromatic heterocycles. The van der Waals surface area contributed by atoms with E-state index in [1.54, 1.807) is 48.5 Å². The molecule has 2 aliphatic heterocycles. The molecule has 6 aromatic carbocycles. The minimum Gasteiger partial charge on any atom is -0.494 e. The van der Waals surface area contributed by atoms with Gasteiger partial charge in [-0.1, -0.05) is 229 Å². The normalized spacial score (nSPS) is 16.8. The lowest BCUT2D eigenvalue weighted by molar-refractivity contribution is -0.123. The van der Waals surface area contributed by atoms with Crippen molar-refractivity contribution in [3.05, 3.63) is 168 Å². The van der Waals surface area contributed by atoms with E-state index in [0.717, 1.165) is 72.3 Å². The van der Waals surface area contributed by atoms with E-state index in [2.05, 4.69) is 13.8 Å². The molecule has 0 N–H and O–H groups in total. The lowest BCUT2D eigenvalue weighted by Crippen LogP contribution is -2.37. The molecule has 476 valence electrons. The van der Waals surface area contributed by atoms with Crippen LogP contribution in [0.25, 0.3) is 22.3 Å². The first kappa shape index (κ1) is 67.3. The number of hydrogen-bond acceptors (Lipinski definition) is 13. The van der Waals surface area contributed by atoms with Crippen LogP contribution >= 0.6 is 0 Å². The van der Waals surface area contributed by atoms with Gasteiger partial charge in [-0.05, 0) is 132 Å². The van der Waals surface area contributed by atoms with Crippen LogP contribution in [0, 0.1) is 0 Å². The van der Waals surface area contributed by atoms with Crippen LogP contribution in [0.15, 0.2) is 146 Å². The highest BCUT2D eigenvalue weighted by Gasteiger charge is 2.48. The highest BCUT2D eigenvalue weighted by Crippen LogP contribution is 2.42. The van der Waals surface area contributed by atoms with Gasteiger partial charge in [0, 0.05) is 0 Å². The monoisotopic (exact) mass is 1210 g/mol. The van der Waals surface area contributed by atoms with Crippen molar-refractivity contribution < 1.29 is 61.8 Å². The zero-order valence-electron chi connectivity index (χ0n) is 53.0. The number of cyclic esters (lactones) is 4. The summed E-state index contributed by atoms with van der Waals surface area (Å²) in [6.07, 6.45) is 21.6. The first-order valence-electron chi connectivity index (χ1n) is 33.3. The van der Waals surface area contributed by atoms with Crippen molar-refractivity contribution in [1.29, 1.82) is 0 Å². The minimum absolute atomic E-state index is 0.404. The molecule has 0 amide bonds. The van der Waals surface area contributed by atoms with E-state index in [9.17, 15) is 19.2 Å². The van der Waals surface area contributed by atoms with Gasteiger partial charge in [0.1, 0.15) is 47.4 Å². The SMILES string of the molecule is CCCCCCCCCCCCOc1ccc(C(=O)Oc2ccc(-c3ccc(C(OC(c4ccc(-c5ccc(OC(=O)c6ccc(OCCCCCCCCCCCC)cc6)cc5)cc4)[C@@H]4OC(=O)O[C@@H]4CCC)[C@@H]4OC(=O)O[C@@H]4CCC)cc3)cc2)cc1. The Bertz CT molecular complexity index is 2820. The molecule has 0 aliphatic carbocycles. The van der Waals surface area contributed by atoms with E-state index in [4.69, 9.17) is 42.6 Å². The summed E-state index contributed by atoms with van der Waals surface area (Å²) in [6, 6.07) is 44.3. The molecule has 2 fully saturated rings. The summed E-state index contributed by atoms with van der Waals surface area (Å²) in [5.74, 6) is 1.33. The summed E-state index contributed by atoms with van der Waals surface area (Å²) >= 11 is 0. The van der Waals surface area contributed by atoms with Crippen molar-refractivity contribution in [2.24, 2.45) is 0 Å². The highest BCUT2D eigenvalue weighted by atomic mass is 16.8. The second kappa shape index (κ2) is 36.7. The molecule has 6 atom stereocenters.